The van der Waals surface area contributed by atoms with Crippen LogP contribution in [-0.4, -0.2) is 32.9 Å². The average molecular weight is 325 g/mol. The molecule has 0 spiro atoms. The van der Waals surface area contributed by atoms with Crippen LogP contribution in [0.5, 0.6) is 0 Å². The molecule has 1 unspecified atom stereocenters. The van der Waals surface area contributed by atoms with E-state index in [2.05, 4.69) is 5.32 Å². The highest BCUT2D eigenvalue weighted by atomic mass is 16.6. The lowest BCUT2D eigenvalue weighted by molar-refractivity contribution is -0.394. The quantitative estimate of drug-likeness (QED) is 0.617. The van der Waals surface area contributed by atoms with E-state index < -0.39 is 44.6 Å². The van der Waals surface area contributed by atoms with Crippen LogP contribution in [-0.2, 0) is 4.79 Å². The van der Waals surface area contributed by atoms with Crippen LogP contribution in [0.15, 0.2) is 18.2 Å². The summed E-state index contributed by atoms with van der Waals surface area (Å²) in [5, 5.41) is 33.0. The predicted molar refractivity (Wildman–Crippen MR) is 78.1 cm³/mol. The number of carbonyl (C=O) groups excluding carboxylic acids is 1. The van der Waals surface area contributed by atoms with Gasteiger partial charge in [-0.05, 0) is 5.41 Å². The van der Waals surface area contributed by atoms with Crippen LogP contribution in [0.1, 0.15) is 31.1 Å². The van der Waals surface area contributed by atoms with Gasteiger partial charge in [-0.25, -0.2) is 4.79 Å². The second-order valence-corrected chi connectivity index (χ2v) is 5.86. The van der Waals surface area contributed by atoms with Crippen molar-refractivity contribution in [2.45, 2.75) is 26.8 Å². The van der Waals surface area contributed by atoms with Gasteiger partial charge in [-0.1, -0.05) is 20.8 Å². The first-order valence-electron chi connectivity index (χ1n) is 6.41. The Morgan fingerprint density at radius 3 is 1.83 bits per heavy atom. The molecule has 0 fully saturated rings. The second kappa shape index (κ2) is 6.38. The molecule has 0 aliphatic rings. The molecule has 1 aromatic carbocycles. The first-order chi connectivity index (χ1) is 10.4. The molecule has 1 amide bonds. The number of nitro benzene ring substituents is 2. The molecule has 0 saturated carbocycles. The normalized spacial score (nSPS) is 12.3. The predicted octanol–water partition coefficient (Wildman–Crippen LogP) is 1.73. The van der Waals surface area contributed by atoms with Gasteiger partial charge in [0.2, 0.25) is 0 Å². The molecule has 0 radical (unpaired) electrons. The smallest absolute Gasteiger partial charge is 0.326 e. The number of hydrogen-bond acceptors (Lipinski definition) is 6. The lowest BCUT2D eigenvalue weighted by Crippen LogP contribution is -2.49. The van der Waals surface area contributed by atoms with Crippen molar-refractivity contribution < 1.29 is 24.5 Å². The van der Waals surface area contributed by atoms with Crippen LogP contribution < -0.4 is 5.32 Å². The highest BCUT2D eigenvalue weighted by Gasteiger charge is 2.33. The summed E-state index contributed by atoms with van der Waals surface area (Å²) >= 11 is 0. The molecule has 0 saturated heterocycles. The fourth-order valence-corrected chi connectivity index (χ4v) is 1.80. The number of carboxylic acids is 1. The maximum atomic E-state index is 12.1. The molecule has 2 N–H and O–H groups in total. The van der Waals surface area contributed by atoms with Crippen LogP contribution in [0, 0.1) is 25.6 Å². The summed E-state index contributed by atoms with van der Waals surface area (Å²) in [4.78, 5) is 43.2. The summed E-state index contributed by atoms with van der Waals surface area (Å²) in [5.74, 6) is -2.23. The van der Waals surface area contributed by atoms with Crippen LogP contribution in [0.3, 0.4) is 0 Å². The molecule has 1 atom stereocenters. The van der Waals surface area contributed by atoms with E-state index in [0.717, 1.165) is 18.2 Å². The van der Waals surface area contributed by atoms with Crippen molar-refractivity contribution in [2.75, 3.05) is 0 Å². The lowest BCUT2D eigenvalue weighted by Gasteiger charge is -2.27. The number of nitrogens with one attached hydrogen (secondary N) is 1. The first kappa shape index (κ1) is 18.0. The van der Waals surface area contributed by atoms with Gasteiger partial charge < -0.3 is 10.4 Å². The number of hydrogen-bond donors (Lipinski definition) is 2. The highest BCUT2D eigenvalue weighted by Crippen LogP contribution is 2.24. The van der Waals surface area contributed by atoms with Gasteiger partial charge in [0.05, 0.1) is 21.5 Å². The molecule has 23 heavy (non-hydrogen) atoms. The molecule has 1 rings (SSSR count). The number of benzene rings is 1. The maximum Gasteiger partial charge on any atom is 0.326 e. The number of nitrogens with zero attached hydrogens (tertiary/aromatic N) is 2. The summed E-state index contributed by atoms with van der Waals surface area (Å²) in [7, 11) is 0. The van der Waals surface area contributed by atoms with Gasteiger partial charge in [-0.3, -0.25) is 25.0 Å². The van der Waals surface area contributed by atoms with E-state index >= 15 is 0 Å². The standard InChI is InChI=1S/C13H15N3O7/c1-13(2,3)10(12(18)19)14-11(17)7-4-8(15(20)21)6-9(5-7)16(22)23/h4-6,10H,1-3H3,(H,14,17)(H,18,19). The zero-order valence-corrected chi connectivity index (χ0v) is 12.6. The van der Waals surface area contributed by atoms with E-state index in [1.807, 2.05) is 0 Å². The highest BCUT2D eigenvalue weighted by molar-refractivity contribution is 5.97. The zero-order chi connectivity index (χ0) is 17.9. The van der Waals surface area contributed by atoms with Crippen LogP contribution >= 0.6 is 0 Å². The molecule has 124 valence electrons. The minimum atomic E-state index is -1.29. The molecule has 10 heteroatoms. The number of carbonyl (C=O) groups is 2. The third-order valence-corrected chi connectivity index (χ3v) is 2.97. The van der Waals surface area contributed by atoms with Crippen molar-refractivity contribution in [1.82, 2.24) is 5.32 Å². The Labute approximate surface area is 130 Å². The van der Waals surface area contributed by atoms with Crippen molar-refractivity contribution in [3.05, 3.63) is 44.0 Å². The Bertz CT molecular complexity index is 646. The van der Waals surface area contributed by atoms with Gasteiger partial charge in [0, 0.05) is 12.1 Å². The van der Waals surface area contributed by atoms with E-state index in [1.165, 1.54) is 0 Å². The van der Waals surface area contributed by atoms with E-state index in [0.29, 0.717) is 0 Å². The molecule has 0 aromatic heterocycles. The molecule has 0 aliphatic carbocycles. The number of nitro groups is 2. The summed E-state index contributed by atoms with van der Waals surface area (Å²) in [6, 6.07) is 1.15. The van der Waals surface area contributed by atoms with Gasteiger partial charge in [-0.15, -0.1) is 0 Å². The number of amides is 1. The molecule has 1 aromatic rings. The molecule has 0 bridgehead atoms. The zero-order valence-electron chi connectivity index (χ0n) is 12.6. The molecular formula is C13H15N3O7. The fourth-order valence-electron chi connectivity index (χ4n) is 1.80. The first-order valence-corrected chi connectivity index (χ1v) is 6.41. The molecular weight excluding hydrogens is 310 g/mol. The van der Waals surface area contributed by atoms with E-state index in [-0.39, 0.29) is 5.56 Å². The monoisotopic (exact) mass is 325 g/mol. The van der Waals surface area contributed by atoms with Crippen molar-refractivity contribution in [3.63, 3.8) is 0 Å². The fraction of sp³-hybridized carbons (Fsp3) is 0.385. The number of carboxylic acid groups (broad SMARTS) is 1. The Kier molecular flexibility index (Phi) is 5.00. The Morgan fingerprint density at radius 1 is 1.09 bits per heavy atom. The van der Waals surface area contributed by atoms with Gasteiger partial charge in [-0.2, -0.15) is 0 Å². The maximum absolute atomic E-state index is 12.1. The van der Waals surface area contributed by atoms with Crippen molar-refractivity contribution in [3.8, 4) is 0 Å². The second-order valence-electron chi connectivity index (χ2n) is 5.86. The minimum Gasteiger partial charge on any atom is -0.480 e. The minimum absolute atomic E-state index is 0.360. The van der Waals surface area contributed by atoms with E-state index in [1.54, 1.807) is 20.8 Å². The SMILES string of the molecule is CC(C)(C)C(NC(=O)c1cc([N+](=O)[O-])cc([N+](=O)[O-])c1)C(=O)O. The van der Waals surface area contributed by atoms with Gasteiger partial charge in [0.1, 0.15) is 6.04 Å². The van der Waals surface area contributed by atoms with Crippen LogP contribution in [0.4, 0.5) is 11.4 Å². The molecule has 0 aliphatic heterocycles. The van der Waals surface area contributed by atoms with E-state index in [4.69, 9.17) is 5.11 Å². The van der Waals surface area contributed by atoms with Gasteiger partial charge in [0.15, 0.2) is 0 Å². The van der Waals surface area contributed by atoms with Crippen LogP contribution in [0.2, 0.25) is 0 Å². The third kappa shape index (κ3) is 4.46. The average Bonchev–Trinajstić information content (AvgIpc) is 2.42. The number of rotatable bonds is 5. The van der Waals surface area contributed by atoms with Crippen LogP contribution in [0.25, 0.3) is 0 Å². The molecule has 0 heterocycles. The van der Waals surface area contributed by atoms with Gasteiger partial charge in [0.25, 0.3) is 17.3 Å². The number of aliphatic carboxylic acids is 1. The van der Waals surface area contributed by atoms with Crippen molar-refractivity contribution in [2.24, 2.45) is 5.41 Å². The van der Waals surface area contributed by atoms with Crippen molar-refractivity contribution >= 4 is 23.3 Å². The summed E-state index contributed by atoms with van der Waals surface area (Å²) in [6.07, 6.45) is 0. The Morgan fingerprint density at radius 2 is 1.52 bits per heavy atom. The number of non-ortho nitro benzene ring substituents is 2. The molecule has 10 nitrogen and oxygen atoms in total. The lowest BCUT2D eigenvalue weighted by atomic mass is 9.86. The Balaban J connectivity index is 3.24. The summed E-state index contributed by atoms with van der Waals surface area (Å²) in [5.41, 5.74) is -2.45. The van der Waals surface area contributed by atoms with Crippen molar-refractivity contribution in [1.29, 1.82) is 0 Å². The topological polar surface area (TPSA) is 153 Å². The Hall–Kier alpha value is -3.04. The largest absolute Gasteiger partial charge is 0.480 e. The summed E-state index contributed by atoms with van der Waals surface area (Å²) in [6.45, 7) is 4.76. The van der Waals surface area contributed by atoms with Gasteiger partial charge >= 0.3 is 5.97 Å². The summed E-state index contributed by atoms with van der Waals surface area (Å²) < 4.78 is 0. The third-order valence-electron chi connectivity index (χ3n) is 2.97. The van der Waals surface area contributed by atoms with E-state index in [9.17, 15) is 29.8 Å².